The van der Waals surface area contributed by atoms with Gasteiger partial charge in [0.05, 0.1) is 6.10 Å². The molecule has 2 N–H and O–H groups in total. The van der Waals surface area contributed by atoms with Crippen molar-refractivity contribution in [3.63, 3.8) is 0 Å². The van der Waals surface area contributed by atoms with Gasteiger partial charge in [0.2, 0.25) is 0 Å². The molecule has 0 saturated heterocycles. The quantitative estimate of drug-likeness (QED) is 0.877. The van der Waals surface area contributed by atoms with Gasteiger partial charge in [0, 0.05) is 17.1 Å². The normalized spacial score (nSPS) is 14.1. The molecule has 3 heteroatoms. The number of rotatable bonds is 5. The molecule has 2 rings (SSSR count). The van der Waals surface area contributed by atoms with Gasteiger partial charge < -0.3 is 10.4 Å². The van der Waals surface area contributed by atoms with E-state index in [4.69, 9.17) is 0 Å². The fraction of sp³-hybridized carbons (Fsp3) is 0.250. The first-order chi connectivity index (χ1) is 9.16. The van der Waals surface area contributed by atoms with Crippen LogP contribution in [0, 0.1) is 0 Å². The molecule has 0 aliphatic heterocycles. The van der Waals surface area contributed by atoms with Crippen LogP contribution < -0.4 is 5.32 Å². The third-order valence-corrected chi connectivity index (χ3v) is 3.70. The second kappa shape index (κ2) is 6.85. The van der Waals surface area contributed by atoms with Crippen LogP contribution in [0.25, 0.3) is 0 Å². The Labute approximate surface area is 122 Å². The third kappa shape index (κ3) is 4.16. The van der Waals surface area contributed by atoms with E-state index in [0.29, 0.717) is 6.54 Å². The molecule has 19 heavy (non-hydrogen) atoms. The van der Waals surface area contributed by atoms with E-state index in [1.807, 2.05) is 42.5 Å². The summed E-state index contributed by atoms with van der Waals surface area (Å²) in [5.74, 6) is 0. The van der Waals surface area contributed by atoms with E-state index in [-0.39, 0.29) is 6.04 Å². The van der Waals surface area contributed by atoms with Crippen molar-refractivity contribution in [3.8, 4) is 0 Å². The van der Waals surface area contributed by atoms with Crippen LogP contribution >= 0.6 is 15.9 Å². The first-order valence-electron chi connectivity index (χ1n) is 6.38. The van der Waals surface area contributed by atoms with Crippen LogP contribution in [0.1, 0.15) is 30.2 Å². The number of nitrogens with one attached hydrogen (secondary N) is 1. The van der Waals surface area contributed by atoms with Gasteiger partial charge >= 0.3 is 0 Å². The minimum absolute atomic E-state index is 0.228. The summed E-state index contributed by atoms with van der Waals surface area (Å²) < 4.78 is 1.02. The van der Waals surface area contributed by atoms with Crippen molar-refractivity contribution >= 4 is 15.9 Å². The largest absolute Gasteiger partial charge is 0.387 e. The Hall–Kier alpha value is -1.16. The molecule has 0 aromatic heterocycles. The zero-order valence-corrected chi connectivity index (χ0v) is 12.5. The maximum atomic E-state index is 10.1. The second-order valence-corrected chi connectivity index (χ2v) is 5.52. The number of aliphatic hydroxyl groups is 1. The van der Waals surface area contributed by atoms with E-state index in [1.54, 1.807) is 0 Å². The fourth-order valence-electron chi connectivity index (χ4n) is 1.95. The zero-order chi connectivity index (χ0) is 13.7. The number of aliphatic hydroxyl groups excluding tert-OH is 1. The minimum atomic E-state index is -0.487. The summed E-state index contributed by atoms with van der Waals surface area (Å²) in [7, 11) is 0. The Morgan fingerprint density at radius 1 is 1.00 bits per heavy atom. The van der Waals surface area contributed by atoms with Gasteiger partial charge in [-0.2, -0.15) is 0 Å². The molecule has 0 unspecified atom stereocenters. The number of halogens is 1. The second-order valence-electron chi connectivity index (χ2n) is 4.61. The summed E-state index contributed by atoms with van der Waals surface area (Å²) >= 11 is 3.39. The highest BCUT2D eigenvalue weighted by molar-refractivity contribution is 9.10. The molecular weight excluding hydrogens is 302 g/mol. The van der Waals surface area contributed by atoms with E-state index in [1.165, 1.54) is 5.56 Å². The van der Waals surface area contributed by atoms with Crippen LogP contribution in [-0.2, 0) is 0 Å². The van der Waals surface area contributed by atoms with Gasteiger partial charge in [-0.1, -0.05) is 58.4 Å². The molecule has 0 spiro atoms. The zero-order valence-electron chi connectivity index (χ0n) is 10.9. The minimum Gasteiger partial charge on any atom is -0.387 e. The van der Waals surface area contributed by atoms with Crippen molar-refractivity contribution in [2.24, 2.45) is 0 Å². The molecule has 2 aromatic carbocycles. The van der Waals surface area contributed by atoms with Gasteiger partial charge in [0.25, 0.3) is 0 Å². The predicted octanol–water partition coefficient (Wildman–Crippen LogP) is 3.83. The number of hydrogen-bond acceptors (Lipinski definition) is 2. The van der Waals surface area contributed by atoms with E-state index in [0.717, 1.165) is 10.0 Å². The highest BCUT2D eigenvalue weighted by Gasteiger charge is 2.10. The molecule has 0 heterocycles. The first-order valence-corrected chi connectivity index (χ1v) is 7.18. The Balaban J connectivity index is 1.90. The van der Waals surface area contributed by atoms with Crippen LogP contribution in [0.15, 0.2) is 59.1 Å². The van der Waals surface area contributed by atoms with Crippen molar-refractivity contribution in [3.05, 3.63) is 70.2 Å². The smallest absolute Gasteiger partial charge is 0.0914 e. The van der Waals surface area contributed by atoms with Gasteiger partial charge in [0.1, 0.15) is 0 Å². The number of benzene rings is 2. The Bertz CT molecular complexity index is 498. The van der Waals surface area contributed by atoms with Crippen LogP contribution in [0.5, 0.6) is 0 Å². The molecule has 2 nitrogen and oxygen atoms in total. The van der Waals surface area contributed by atoms with Crippen molar-refractivity contribution < 1.29 is 5.11 Å². The topological polar surface area (TPSA) is 32.3 Å². The van der Waals surface area contributed by atoms with E-state index >= 15 is 0 Å². The lowest BCUT2D eigenvalue weighted by Gasteiger charge is -2.17. The van der Waals surface area contributed by atoms with E-state index in [2.05, 4.69) is 40.3 Å². The van der Waals surface area contributed by atoms with Crippen LogP contribution in [0.4, 0.5) is 0 Å². The summed E-state index contributed by atoms with van der Waals surface area (Å²) in [5, 5.41) is 13.5. The summed E-state index contributed by atoms with van der Waals surface area (Å²) in [4.78, 5) is 0. The van der Waals surface area contributed by atoms with Crippen molar-refractivity contribution in [1.29, 1.82) is 0 Å². The van der Waals surface area contributed by atoms with E-state index in [9.17, 15) is 5.11 Å². The van der Waals surface area contributed by atoms with Gasteiger partial charge in [-0.3, -0.25) is 0 Å². The van der Waals surface area contributed by atoms with Crippen molar-refractivity contribution in [2.45, 2.75) is 19.1 Å². The monoisotopic (exact) mass is 319 g/mol. The van der Waals surface area contributed by atoms with Crippen LogP contribution in [0.2, 0.25) is 0 Å². The summed E-state index contributed by atoms with van der Waals surface area (Å²) in [6.07, 6.45) is -0.487. The molecule has 0 fully saturated rings. The van der Waals surface area contributed by atoms with Crippen molar-refractivity contribution in [2.75, 3.05) is 6.54 Å². The fourth-order valence-corrected chi connectivity index (χ4v) is 2.22. The molecule has 0 amide bonds. The maximum Gasteiger partial charge on any atom is 0.0914 e. The Morgan fingerprint density at radius 2 is 1.63 bits per heavy atom. The molecule has 0 aliphatic carbocycles. The van der Waals surface area contributed by atoms with Gasteiger partial charge in [-0.25, -0.2) is 0 Å². The standard InChI is InChI=1S/C16H18BrNO/c1-12(13-5-3-2-4-6-13)18-11-16(19)14-7-9-15(17)10-8-14/h2-10,12,16,18-19H,11H2,1H3/t12-,16+/m0/s1. The van der Waals surface area contributed by atoms with Gasteiger partial charge in [0.15, 0.2) is 0 Å². The molecule has 0 bridgehead atoms. The third-order valence-electron chi connectivity index (χ3n) is 3.17. The highest BCUT2D eigenvalue weighted by Crippen LogP contribution is 2.18. The van der Waals surface area contributed by atoms with E-state index < -0.39 is 6.10 Å². The predicted molar refractivity (Wildman–Crippen MR) is 82.0 cm³/mol. The van der Waals surface area contributed by atoms with Gasteiger partial charge in [-0.05, 0) is 30.2 Å². The van der Waals surface area contributed by atoms with Gasteiger partial charge in [-0.15, -0.1) is 0 Å². The molecule has 100 valence electrons. The molecular formula is C16H18BrNO. The lowest BCUT2D eigenvalue weighted by atomic mass is 10.1. The lowest BCUT2D eigenvalue weighted by molar-refractivity contribution is 0.171. The Kier molecular flexibility index (Phi) is 5.14. The Morgan fingerprint density at radius 3 is 2.26 bits per heavy atom. The summed E-state index contributed by atoms with van der Waals surface area (Å²) in [6.45, 7) is 2.64. The molecule has 0 saturated carbocycles. The van der Waals surface area contributed by atoms with Crippen LogP contribution in [0.3, 0.4) is 0 Å². The average Bonchev–Trinajstić information content (AvgIpc) is 2.46. The lowest BCUT2D eigenvalue weighted by Crippen LogP contribution is -2.24. The molecule has 0 aliphatic rings. The molecule has 2 atom stereocenters. The van der Waals surface area contributed by atoms with Crippen molar-refractivity contribution in [1.82, 2.24) is 5.32 Å². The highest BCUT2D eigenvalue weighted by atomic mass is 79.9. The SMILES string of the molecule is C[C@H](NC[C@@H](O)c1ccc(Br)cc1)c1ccccc1. The average molecular weight is 320 g/mol. The maximum absolute atomic E-state index is 10.1. The summed E-state index contributed by atoms with van der Waals surface area (Å²) in [5.41, 5.74) is 2.15. The molecule has 0 radical (unpaired) electrons. The number of hydrogen-bond donors (Lipinski definition) is 2. The van der Waals surface area contributed by atoms with Crippen LogP contribution in [-0.4, -0.2) is 11.7 Å². The first kappa shape index (κ1) is 14.3. The molecule has 2 aromatic rings. The summed E-state index contributed by atoms with van der Waals surface area (Å²) in [6, 6.07) is 18.2.